The van der Waals surface area contributed by atoms with E-state index >= 15 is 0 Å². The van der Waals surface area contributed by atoms with Crippen molar-refractivity contribution < 1.29 is 23.1 Å². The molecule has 1 aromatic carbocycles. The van der Waals surface area contributed by atoms with Crippen LogP contribution in [0.1, 0.15) is 5.69 Å². The number of aromatic nitrogens is 4. The van der Waals surface area contributed by atoms with Crippen LogP contribution < -0.4 is 5.32 Å². The van der Waals surface area contributed by atoms with Crippen LogP contribution in [0.4, 0.5) is 23.7 Å². The number of anilines is 1. The van der Waals surface area contributed by atoms with E-state index in [0.717, 1.165) is 6.20 Å². The topological polar surface area (TPSA) is 92.4 Å². The Morgan fingerprint density at radius 3 is 2.67 bits per heavy atom. The van der Waals surface area contributed by atoms with E-state index in [1.54, 1.807) is 6.07 Å². The van der Waals surface area contributed by atoms with Crippen LogP contribution in [0.15, 0.2) is 54.9 Å². The average Bonchev–Trinajstić information content (AvgIpc) is 3.12. The van der Waals surface area contributed by atoms with E-state index in [0.29, 0.717) is 16.9 Å². The van der Waals surface area contributed by atoms with Crippen LogP contribution in [-0.4, -0.2) is 30.8 Å². The molecule has 0 radical (unpaired) electrons. The second kappa shape index (κ2) is 7.30. The first-order chi connectivity index (χ1) is 14.2. The van der Waals surface area contributed by atoms with Crippen molar-refractivity contribution in [1.29, 1.82) is 0 Å². The lowest BCUT2D eigenvalue weighted by atomic mass is 10.1. The minimum Gasteiger partial charge on any atom is -0.465 e. The van der Waals surface area contributed by atoms with E-state index in [4.69, 9.17) is 16.7 Å². The zero-order chi connectivity index (χ0) is 21.5. The Kier molecular flexibility index (Phi) is 4.78. The van der Waals surface area contributed by atoms with Gasteiger partial charge >= 0.3 is 12.3 Å². The summed E-state index contributed by atoms with van der Waals surface area (Å²) in [4.78, 5) is 18.7. The smallest absolute Gasteiger partial charge is 0.434 e. The Labute approximate surface area is 171 Å². The number of alkyl halides is 3. The van der Waals surface area contributed by atoms with Crippen molar-refractivity contribution in [3.8, 4) is 22.5 Å². The lowest BCUT2D eigenvalue weighted by Gasteiger charge is -2.10. The van der Waals surface area contributed by atoms with Crippen LogP contribution in [0.5, 0.6) is 0 Å². The lowest BCUT2D eigenvalue weighted by molar-refractivity contribution is -0.140. The summed E-state index contributed by atoms with van der Waals surface area (Å²) in [5.41, 5.74) is 0.461. The molecule has 7 nitrogen and oxygen atoms in total. The normalized spacial score (nSPS) is 11.6. The summed E-state index contributed by atoms with van der Waals surface area (Å²) in [5, 5.41) is 15.5. The van der Waals surface area contributed by atoms with Gasteiger partial charge in [0.25, 0.3) is 0 Å². The summed E-state index contributed by atoms with van der Waals surface area (Å²) < 4.78 is 41.1. The number of nitrogens with zero attached hydrogens (tertiary/aromatic N) is 4. The maximum atomic E-state index is 13.3. The van der Waals surface area contributed by atoms with Crippen molar-refractivity contribution in [2.24, 2.45) is 0 Å². The molecule has 0 aliphatic heterocycles. The van der Waals surface area contributed by atoms with Crippen LogP contribution >= 0.6 is 11.6 Å². The number of imidazole rings is 1. The van der Waals surface area contributed by atoms with Gasteiger partial charge in [0.15, 0.2) is 11.3 Å². The van der Waals surface area contributed by atoms with Gasteiger partial charge < -0.3 is 5.11 Å². The first kappa shape index (κ1) is 19.6. The molecule has 2 N–H and O–H groups in total. The molecule has 4 rings (SSSR count). The van der Waals surface area contributed by atoms with E-state index in [2.05, 4.69) is 20.4 Å². The third kappa shape index (κ3) is 3.77. The summed E-state index contributed by atoms with van der Waals surface area (Å²) >= 11 is 5.99. The van der Waals surface area contributed by atoms with E-state index in [9.17, 15) is 18.0 Å². The van der Waals surface area contributed by atoms with E-state index in [1.807, 2.05) is 0 Å². The van der Waals surface area contributed by atoms with Crippen molar-refractivity contribution in [3.05, 3.63) is 65.6 Å². The van der Waals surface area contributed by atoms with Gasteiger partial charge in [-0.2, -0.15) is 18.3 Å². The molecule has 152 valence electrons. The zero-order valence-corrected chi connectivity index (χ0v) is 15.6. The van der Waals surface area contributed by atoms with Crippen molar-refractivity contribution in [2.45, 2.75) is 6.18 Å². The van der Waals surface area contributed by atoms with Crippen molar-refractivity contribution >= 4 is 29.0 Å². The number of carboxylic acid groups (broad SMARTS) is 1. The van der Waals surface area contributed by atoms with Gasteiger partial charge in [-0.15, -0.1) is 0 Å². The molecule has 0 bridgehead atoms. The number of fused-ring (bicyclic) bond motifs is 1. The first-order valence-electron chi connectivity index (χ1n) is 8.41. The number of benzene rings is 1. The number of carbonyl (C=O) groups is 1. The molecule has 0 aliphatic carbocycles. The Hall–Kier alpha value is -3.66. The molecule has 11 heteroatoms. The summed E-state index contributed by atoms with van der Waals surface area (Å²) in [5.74, 6) is 0. The highest BCUT2D eigenvalue weighted by Gasteiger charge is 2.35. The molecule has 4 aromatic rings. The number of amides is 1. The van der Waals surface area contributed by atoms with Gasteiger partial charge in [0.1, 0.15) is 0 Å². The predicted molar refractivity (Wildman–Crippen MR) is 103 cm³/mol. The van der Waals surface area contributed by atoms with Crippen LogP contribution in [-0.2, 0) is 6.18 Å². The van der Waals surface area contributed by atoms with Crippen LogP contribution in [0, 0.1) is 0 Å². The van der Waals surface area contributed by atoms with Gasteiger partial charge in [0, 0.05) is 17.3 Å². The van der Waals surface area contributed by atoms with Gasteiger partial charge in [-0.1, -0.05) is 17.7 Å². The number of rotatable bonds is 3. The van der Waals surface area contributed by atoms with Gasteiger partial charge in [-0.05, 0) is 36.4 Å². The zero-order valence-electron chi connectivity index (χ0n) is 14.9. The molecule has 1 amide bonds. The third-order valence-corrected chi connectivity index (χ3v) is 4.51. The highest BCUT2D eigenvalue weighted by Crippen LogP contribution is 2.35. The fourth-order valence-corrected chi connectivity index (χ4v) is 3.06. The molecular weight excluding hydrogens is 423 g/mol. The van der Waals surface area contributed by atoms with Crippen LogP contribution in [0.25, 0.3) is 28.2 Å². The Bertz CT molecular complexity index is 1270. The maximum Gasteiger partial charge on any atom is 0.434 e. The van der Waals surface area contributed by atoms with E-state index in [1.165, 1.54) is 47.1 Å². The molecule has 30 heavy (non-hydrogen) atoms. The van der Waals surface area contributed by atoms with Gasteiger partial charge in [0.05, 0.1) is 28.3 Å². The summed E-state index contributed by atoms with van der Waals surface area (Å²) in [6.45, 7) is 0. The standard InChI is InChI=1S/C19H11ClF3N5O2/c20-12-4-3-10(8-14(12)26-18(29)30)15-9-28-16(25-15)6-5-13(27-28)11-2-1-7-24-17(11)19(21,22)23/h1-9,26H,(H,29,30). The second-order valence-electron chi connectivity index (χ2n) is 6.17. The third-order valence-electron chi connectivity index (χ3n) is 4.18. The first-order valence-corrected chi connectivity index (χ1v) is 8.79. The summed E-state index contributed by atoms with van der Waals surface area (Å²) in [6, 6.07) is 10.3. The van der Waals surface area contributed by atoms with Gasteiger partial charge in [-0.25, -0.2) is 14.3 Å². The number of nitrogens with one attached hydrogen (secondary N) is 1. The minimum absolute atomic E-state index is 0.0798. The highest BCUT2D eigenvalue weighted by molar-refractivity contribution is 6.33. The minimum atomic E-state index is -4.62. The fourth-order valence-electron chi connectivity index (χ4n) is 2.90. The molecule has 0 fully saturated rings. The second-order valence-corrected chi connectivity index (χ2v) is 6.58. The van der Waals surface area contributed by atoms with Crippen molar-refractivity contribution in [3.63, 3.8) is 0 Å². The Balaban J connectivity index is 1.77. The molecule has 3 heterocycles. The number of pyridine rings is 1. The summed E-state index contributed by atoms with van der Waals surface area (Å²) in [7, 11) is 0. The molecular formula is C19H11ClF3N5O2. The maximum absolute atomic E-state index is 13.3. The molecule has 0 saturated heterocycles. The van der Waals surface area contributed by atoms with Crippen LogP contribution in [0.3, 0.4) is 0 Å². The molecule has 3 aromatic heterocycles. The lowest BCUT2D eigenvalue weighted by Crippen LogP contribution is -2.10. The van der Waals surface area contributed by atoms with E-state index in [-0.39, 0.29) is 22.0 Å². The van der Waals surface area contributed by atoms with Crippen LogP contribution in [0.2, 0.25) is 5.02 Å². The predicted octanol–water partition coefficient (Wildman–Crippen LogP) is 5.22. The van der Waals surface area contributed by atoms with Crippen molar-refractivity contribution in [1.82, 2.24) is 19.6 Å². The SMILES string of the molecule is O=C(O)Nc1cc(-c2cn3nc(-c4cccnc4C(F)(F)F)ccc3n2)ccc1Cl. The van der Waals surface area contributed by atoms with E-state index < -0.39 is 18.0 Å². The summed E-state index contributed by atoms with van der Waals surface area (Å²) in [6.07, 6.45) is -3.29. The number of halogens is 4. The van der Waals surface area contributed by atoms with Crippen molar-refractivity contribution in [2.75, 3.05) is 5.32 Å². The fraction of sp³-hybridized carbons (Fsp3) is 0.0526. The molecule has 0 aliphatic rings. The monoisotopic (exact) mass is 433 g/mol. The number of hydrogen-bond acceptors (Lipinski definition) is 4. The average molecular weight is 434 g/mol. The quantitative estimate of drug-likeness (QED) is 0.462. The van der Waals surface area contributed by atoms with Gasteiger partial charge in [-0.3, -0.25) is 10.3 Å². The Morgan fingerprint density at radius 2 is 1.93 bits per heavy atom. The van der Waals surface area contributed by atoms with Gasteiger partial charge in [0.2, 0.25) is 0 Å². The molecule has 0 unspecified atom stereocenters. The molecule has 0 spiro atoms. The highest BCUT2D eigenvalue weighted by atomic mass is 35.5. The molecule has 0 saturated carbocycles. The number of hydrogen-bond donors (Lipinski definition) is 2. The molecule has 0 atom stereocenters. The Morgan fingerprint density at radius 1 is 1.13 bits per heavy atom. The largest absolute Gasteiger partial charge is 0.465 e.